The molecule has 2 aliphatic heterocycles. The van der Waals surface area contributed by atoms with Crippen LogP contribution in [0.15, 0.2) is 24.3 Å². The molecule has 0 saturated carbocycles. The molecule has 3 rings (SSSR count). The largest absolute Gasteiger partial charge is 0.481 e. The van der Waals surface area contributed by atoms with Crippen molar-refractivity contribution in [2.75, 3.05) is 26.2 Å². The van der Waals surface area contributed by atoms with Gasteiger partial charge in [-0.25, -0.2) is 4.39 Å². The number of nitrogens with zero attached hydrogens (tertiary/aromatic N) is 2. The van der Waals surface area contributed by atoms with Crippen molar-refractivity contribution < 1.29 is 29.0 Å². The number of amides is 2. The maximum absolute atomic E-state index is 13.2. The standard InChI is InChI=1S/C20H25FN2O5/c21-15-5-3-14(4-6-15)12-20(19(27)28)13-23(10-7-16(20)24)18(26)8-11-22-9-1-2-17(22)25/h3-6,16,24H,1-2,7-13H2,(H,27,28)/t16-,20-/m1/s1. The van der Waals surface area contributed by atoms with Gasteiger partial charge >= 0.3 is 5.97 Å². The Bertz CT molecular complexity index is 753. The van der Waals surface area contributed by atoms with Crippen LogP contribution in [0, 0.1) is 11.2 Å². The number of piperidine rings is 1. The Hall–Kier alpha value is -2.48. The van der Waals surface area contributed by atoms with Crippen molar-refractivity contribution >= 4 is 17.8 Å². The number of aliphatic hydroxyl groups is 1. The highest BCUT2D eigenvalue weighted by atomic mass is 19.1. The highest BCUT2D eigenvalue weighted by molar-refractivity contribution is 5.82. The third-order valence-electron chi connectivity index (χ3n) is 5.76. The van der Waals surface area contributed by atoms with E-state index in [0.717, 1.165) is 6.42 Å². The number of likely N-dealkylation sites (tertiary alicyclic amines) is 2. The van der Waals surface area contributed by atoms with Crippen LogP contribution in [0.5, 0.6) is 0 Å². The molecule has 2 heterocycles. The monoisotopic (exact) mass is 392 g/mol. The van der Waals surface area contributed by atoms with Gasteiger partial charge in [0, 0.05) is 39.0 Å². The molecule has 8 heteroatoms. The van der Waals surface area contributed by atoms with Crippen LogP contribution in [0.4, 0.5) is 4.39 Å². The highest BCUT2D eigenvalue weighted by Gasteiger charge is 2.50. The van der Waals surface area contributed by atoms with E-state index in [1.165, 1.54) is 29.2 Å². The van der Waals surface area contributed by atoms with Crippen molar-refractivity contribution in [2.24, 2.45) is 5.41 Å². The first kappa shape index (κ1) is 20.3. The first-order chi connectivity index (χ1) is 13.3. The van der Waals surface area contributed by atoms with Crippen LogP contribution >= 0.6 is 0 Å². The summed E-state index contributed by atoms with van der Waals surface area (Å²) in [6.07, 6.45) is 0.472. The van der Waals surface area contributed by atoms with E-state index >= 15 is 0 Å². The molecule has 1 aromatic rings. The van der Waals surface area contributed by atoms with Crippen LogP contribution < -0.4 is 0 Å². The van der Waals surface area contributed by atoms with Gasteiger partial charge in [0.1, 0.15) is 11.2 Å². The Morgan fingerprint density at radius 1 is 1.21 bits per heavy atom. The van der Waals surface area contributed by atoms with Crippen LogP contribution in [0.25, 0.3) is 0 Å². The lowest BCUT2D eigenvalue weighted by Gasteiger charge is -2.43. The van der Waals surface area contributed by atoms with Gasteiger partial charge in [-0.2, -0.15) is 0 Å². The lowest BCUT2D eigenvalue weighted by atomic mass is 9.72. The molecular formula is C20H25FN2O5. The molecule has 0 aromatic heterocycles. The molecule has 2 saturated heterocycles. The average molecular weight is 392 g/mol. The number of benzene rings is 1. The number of halogens is 1. The first-order valence-electron chi connectivity index (χ1n) is 9.53. The lowest BCUT2D eigenvalue weighted by molar-refractivity contribution is -0.165. The maximum atomic E-state index is 13.2. The smallest absolute Gasteiger partial charge is 0.314 e. The summed E-state index contributed by atoms with van der Waals surface area (Å²) in [6, 6.07) is 5.48. The third kappa shape index (κ3) is 4.16. The number of hydrogen-bond donors (Lipinski definition) is 2. The van der Waals surface area contributed by atoms with E-state index in [-0.39, 0.29) is 44.2 Å². The topological polar surface area (TPSA) is 98.2 Å². The molecule has 1 aromatic carbocycles. The van der Waals surface area contributed by atoms with Gasteiger partial charge < -0.3 is 20.0 Å². The zero-order valence-corrected chi connectivity index (χ0v) is 15.6. The van der Waals surface area contributed by atoms with Gasteiger partial charge in [0.25, 0.3) is 0 Å². The Labute approximate surface area is 162 Å². The number of rotatable bonds is 6. The Morgan fingerprint density at radius 2 is 1.93 bits per heavy atom. The SMILES string of the molecule is O=C1CCCN1CCC(=O)N1CC[C@@H](O)[C@](Cc2ccc(F)cc2)(C(=O)O)C1. The number of carboxylic acid groups (broad SMARTS) is 1. The molecule has 0 spiro atoms. The van der Waals surface area contributed by atoms with Gasteiger partial charge in [-0.15, -0.1) is 0 Å². The molecule has 0 unspecified atom stereocenters. The highest BCUT2D eigenvalue weighted by Crippen LogP contribution is 2.35. The van der Waals surface area contributed by atoms with Gasteiger partial charge in [-0.05, 0) is 37.0 Å². The van der Waals surface area contributed by atoms with Crippen LogP contribution in [0.2, 0.25) is 0 Å². The minimum Gasteiger partial charge on any atom is -0.481 e. The summed E-state index contributed by atoms with van der Waals surface area (Å²) in [5, 5.41) is 20.4. The van der Waals surface area contributed by atoms with E-state index in [4.69, 9.17) is 0 Å². The predicted octanol–water partition coefficient (Wildman–Crippen LogP) is 1.04. The molecule has 0 aliphatic carbocycles. The molecule has 0 bridgehead atoms. The molecule has 2 amide bonds. The normalized spacial score (nSPS) is 25.2. The summed E-state index contributed by atoms with van der Waals surface area (Å²) in [7, 11) is 0. The van der Waals surface area contributed by atoms with Crippen LogP contribution in [0.3, 0.4) is 0 Å². The van der Waals surface area contributed by atoms with Gasteiger partial charge in [-0.3, -0.25) is 14.4 Å². The van der Waals surface area contributed by atoms with Gasteiger partial charge in [0.15, 0.2) is 0 Å². The van der Waals surface area contributed by atoms with Crippen LogP contribution in [0.1, 0.15) is 31.2 Å². The summed E-state index contributed by atoms with van der Waals surface area (Å²) in [5.41, 5.74) is -0.963. The first-order valence-corrected chi connectivity index (χ1v) is 9.53. The van der Waals surface area contributed by atoms with E-state index in [0.29, 0.717) is 25.1 Å². The maximum Gasteiger partial charge on any atom is 0.314 e. The minimum atomic E-state index is -1.55. The quantitative estimate of drug-likeness (QED) is 0.754. The summed E-state index contributed by atoms with van der Waals surface area (Å²) in [4.78, 5) is 39.6. The predicted molar refractivity (Wildman–Crippen MR) is 97.8 cm³/mol. The Balaban J connectivity index is 1.71. The van der Waals surface area contributed by atoms with Gasteiger partial charge in [-0.1, -0.05) is 12.1 Å². The van der Waals surface area contributed by atoms with Crippen molar-refractivity contribution in [3.63, 3.8) is 0 Å². The molecule has 2 atom stereocenters. The zero-order valence-electron chi connectivity index (χ0n) is 15.6. The fraction of sp³-hybridized carbons (Fsp3) is 0.550. The van der Waals surface area contributed by atoms with Crippen LogP contribution in [-0.4, -0.2) is 70.1 Å². The van der Waals surface area contributed by atoms with Crippen LogP contribution in [-0.2, 0) is 20.8 Å². The molecule has 28 heavy (non-hydrogen) atoms. The molecular weight excluding hydrogens is 367 g/mol. The third-order valence-corrected chi connectivity index (χ3v) is 5.76. The molecule has 2 fully saturated rings. The van der Waals surface area contributed by atoms with Crippen molar-refractivity contribution in [3.8, 4) is 0 Å². The Kier molecular flexibility index (Phi) is 5.98. The number of hydrogen-bond acceptors (Lipinski definition) is 4. The average Bonchev–Trinajstić information content (AvgIpc) is 3.08. The lowest BCUT2D eigenvalue weighted by Crippen LogP contribution is -2.58. The minimum absolute atomic E-state index is 0.00181. The number of aliphatic carboxylic acids is 1. The Morgan fingerprint density at radius 3 is 2.54 bits per heavy atom. The van der Waals surface area contributed by atoms with Gasteiger partial charge in [0.2, 0.25) is 11.8 Å². The number of aliphatic hydroxyl groups excluding tert-OH is 1. The summed E-state index contributed by atoms with van der Waals surface area (Å²) in [6.45, 7) is 1.13. The molecule has 2 aliphatic rings. The van der Waals surface area contributed by atoms with Gasteiger partial charge in [0.05, 0.1) is 6.10 Å². The summed E-state index contributed by atoms with van der Waals surface area (Å²) >= 11 is 0. The number of carboxylic acids is 1. The fourth-order valence-electron chi connectivity index (χ4n) is 4.05. The fourth-order valence-corrected chi connectivity index (χ4v) is 4.05. The van der Waals surface area contributed by atoms with Crippen molar-refractivity contribution in [2.45, 2.75) is 38.2 Å². The van der Waals surface area contributed by atoms with E-state index in [1.54, 1.807) is 4.90 Å². The second-order valence-electron chi connectivity index (χ2n) is 7.62. The molecule has 0 radical (unpaired) electrons. The number of carbonyl (C=O) groups excluding carboxylic acids is 2. The molecule has 7 nitrogen and oxygen atoms in total. The molecule has 152 valence electrons. The second-order valence-corrected chi connectivity index (χ2v) is 7.62. The van der Waals surface area contributed by atoms with E-state index < -0.39 is 23.3 Å². The number of carbonyl (C=O) groups is 3. The van der Waals surface area contributed by atoms with Crippen molar-refractivity contribution in [3.05, 3.63) is 35.6 Å². The van der Waals surface area contributed by atoms with E-state index in [1.807, 2.05) is 0 Å². The van der Waals surface area contributed by atoms with E-state index in [9.17, 15) is 29.0 Å². The van der Waals surface area contributed by atoms with Crippen molar-refractivity contribution in [1.82, 2.24) is 9.80 Å². The van der Waals surface area contributed by atoms with E-state index in [2.05, 4.69) is 0 Å². The van der Waals surface area contributed by atoms with Crippen molar-refractivity contribution in [1.29, 1.82) is 0 Å². The summed E-state index contributed by atoms with van der Waals surface area (Å²) in [5.74, 6) is -1.79. The summed E-state index contributed by atoms with van der Waals surface area (Å²) < 4.78 is 13.2. The zero-order chi connectivity index (χ0) is 20.3. The second kappa shape index (κ2) is 8.26. The molecule has 2 N–H and O–H groups in total.